The van der Waals surface area contributed by atoms with E-state index in [2.05, 4.69) is 0 Å². The molecule has 0 bridgehead atoms. The Hall–Kier alpha value is -1.89. The third-order valence-electron chi connectivity index (χ3n) is 2.74. The van der Waals surface area contributed by atoms with Gasteiger partial charge in [0, 0.05) is 13.0 Å². The van der Waals surface area contributed by atoms with Crippen LogP contribution in [0.2, 0.25) is 0 Å². The summed E-state index contributed by atoms with van der Waals surface area (Å²) in [5, 5.41) is 16.4. The monoisotopic (exact) mass is 217 g/mol. The fourth-order valence-corrected chi connectivity index (χ4v) is 1.89. The minimum atomic E-state index is -0.425. The molecule has 0 unspecified atom stereocenters. The highest BCUT2D eigenvalue weighted by Gasteiger charge is 2.19. The van der Waals surface area contributed by atoms with Gasteiger partial charge in [-0.3, -0.25) is 5.41 Å². The molecule has 0 aromatic heterocycles. The maximum atomic E-state index is 13.7. The van der Waals surface area contributed by atoms with Gasteiger partial charge in [0.25, 0.3) is 0 Å². The van der Waals surface area contributed by atoms with Crippen LogP contribution in [0, 0.1) is 22.6 Å². The number of anilines is 1. The Morgan fingerprint density at radius 3 is 2.81 bits per heavy atom. The number of rotatable bonds is 1. The molecule has 0 spiro atoms. The number of nitriles is 1. The first-order chi connectivity index (χ1) is 7.72. The van der Waals surface area contributed by atoms with E-state index in [1.807, 2.05) is 6.07 Å². The molecule has 0 radical (unpaired) electrons. The van der Waals surface area contributed by atoms with Gasteiger partial charge >= 0.3 is 0 Å². The summed E-state index contributed by atoms with van der Waals surface area (Å²) in [4.78, 5) is 1.68. The molecule has 82 valence electrons. The van der Waals surface area contributed by atoms with E-state index >= 15 is 0 Å². The van der Waals surface area contributed by atoms with E-state index < -0.39 is 5.82 Å². The van der Waals surface area contributed by atoms with Gasteiger partial charge in [-0.2, -0.15) is 5.26 Å². The standard InChI is InChI=1S/C12H12FN3/c13-10-7-9(8-14)4-5-11(10)16-6-2-1-3-12(16)15/h4-5,7,15H,1-3,6H2. The highest BCUT2D eigenvalue weighted by molar-refractivity contribution is 5.96. The number of nitrogens with one attached hydrogen (secondary N) is 1. The van der Waals surface area contributed by atoms with Crippen LogP contribution in [-0.2, 0) is 0 Å². The van der Waals surface area contributed by atoms with Crippen molar-refractivity contribution in [2.75, 3.05) is 11.4 Å². The lowest BCUT2D eigenvalue weighted by Gasteiger charge is -2.29. The van der Waals surface area contributed by atoms with E-state index in [9.17, 15) is 4.39 Å². The molecule has 0 aliphatic carbocycles. The van der Waals surface area contributed by atoms with E-state index in [0.717, 1.165) is 12.8 Å². The Bertz CT molecular complexity index is 462. The summed E-state index contributed by atoms with van der Waals surface area (Å²) in [6.45, 7) is 0.682. The molecule has 1 fully saturated rings. The van der Waals surface area contributed by atoms with Crippen LogP contribution in [0.15, 0.2) is 18.2 Å². The van der Waals surface area contributed by atoms with Gasteiger partial charge in [-0.1, -0.05) is 0 Å². The molecule has 3 nitrogen and oxygen atoms in total. The van der Waals surface area contributed by atoms with E-state index in [1.54, 1.807) is 17.0 Å². The van der Waals surface area contributed by atoms with Crippen molar-refractivity contribution in [3.05, 3.63) is 29.6 Å². The van der Waals surface area contributed by atoms with Crippen molar-refractivity contribution in [3.8, 4) is 6.07 Å². The summed E-state index contributed by atoms with van der Waals surface area (Å²) < 4.78 is 13.7. The van der Waals surface area contributed by atoms with Crippen LogP contribution in [-0.4, -0.2) is 12.4 Å². The summed E-state index contributed by atoms with van der Waals surface area (Å²) in [7, 11) is 0. The number of hydrogen-bond acceptors (Lipinski definition) is 2. The zero-order valence-corrected chi connectivity index (χ0v) is 8.83. The first-order valence-corrected chi connectivity index (χ1v) is 5.27. The van der Waals surface area contributed by atoms with Crippen LogP contribution in [0.25, 0.3) is 0 Å². The molecule has 0 saturated carbocycles. The van der Waals surface area contributed by atoms with Gasteiger partial charge in [-0.25, -0.2) is 4.39 Å². The summed E-state index contributed by atoms with van der Waals surface area (Å²) in [6, 6.07) is 6.28. The SMILES string of the molecule is N#Cc1ccc(N2CCCCC2=N)c(F)c1. The van der Waals surface area contributed by atoms with Crippen LogP contribution in [0.1, 0.15) is 24.8 Å². The molecule has 0 amide bonds. The van der Waals surface area contributed by atoms with Gasteiger partial charge in [0.1, 0.15) is 11.7 Å². The van der Waals surface area contributed by atoms with Crippen molar-refractivity contribution < 1.29 is 4.39 Å². The van der Waals surface area contributed by atoms with Gasteiger partial charge in [-0.15, -0.1) is 0 Å². The lowest BCUT2D eigenvalue weighted by atomic mass is 10.1. The molecule has 0 atom stereocenters. The fourth-order valence-electron chi connectivity index (χ4n) is 1.89. The second kappa shape index (κ2) is 4.31. The lowest BCUT2D eigenvalue weighted by molar-refractivity contribution is 0.617. The molecule has 1 aliphatic rings. The summed E-state index contributed by atoms with van der Waals surface area (Å²) in [5.41, 5.74) is 0.716. The normalized spacial score (nSPS) is 16.0. The Morgan fingerprint density at radius 1 is 1.38 bits per heavy atom. The van der Waals surface area contributed by atoms with Gasteiger partial charge in [0.15, 0.2) is 0 Å². The summed E-state index contributed by atoms with van der Waals surface area (Å²) >= 11 is 0. The lowest BCUT2D eigenvalue weighted by Crippen LogP contribution is -2.35. The van der Waals surface area contributed by atoms with Crippen LogP contribution in [0.4, 0.5) is 10.1 Å². The molecule has 4 heteroatoms. The second-order valence-corrected chi connectivity index (χ2v) is 3.83. The molecule has 1 N–H and O–H groups in total. The van der Waals surface area contributed by atoms with E-state index in [-0.39, 0.29) is 0 Å². The summed E-state index contributed by atoms with van der Waals surface area (Å²) in [6.07, 6.45) is 2.66. The molecule has 1 aliphatic heterocycles. The average molecular weight is 217 g/mol. The third kappa shape index (κ3) is 1.89. The van der Waals surface area contributed by atoms with Crippen molar-refractivity contribution in [3.63, 3.8) is 0 Å². The molecular formula is C12H12FN3. The van der Waals surface area contributed by atoms with Crippen molar-refractivity contribution >= 4 is 11.5 Å². The minimum absolute atomic E-state index is 0.310. The van der Waals surface area contributed by atoms with Crippen molar-refractivity contribution in [1.29, 1.82) is 10.7 Å². The smallest absolute Gasteiger partial charge is 0.148 e. The molecular weight excluding hydrogens is 205 g/mol. The Balaban J connectivity index is 2.33. The van der Waals surface area contributed by atoms with E-state index in [1.165, 1.54) is 6.07 Å². The topological polar surface area (TPSA) is 50.9 Å². The molecule has 1 heterocycles. The quantitative estimate of drug-likeness (QED) is 0.786. The number of amidine groups is 1. The van der Waals surface area contributed by atoms with Gasteiger partial charge in [0.05, 0.1) is 17.3 Å². The predicted octanol–water partition coefficient (Wildman–Crippen LogP) is 2.66. The number of nitrogens with zero attached hydrogens (tertiary/aromatic N) is 2. The Kier molecular flexibility index (Phi) is 2.86. The van der Waals surface area contributed by atoms with Crippen molar-refractivity contribution in [2.45, 2.75) is 19.3 Å². The van der Waals surface area contributed by atoms with Gasteiger partial charge < -0.3 is 4.90 Å². The zero-order valence-electron chi connectivity index (χ0n) is 8.83. The number of piperidine rings is 1. The fraction of sp³-hybridized carbons (Fsp3) is 0.333. The maximum absolute atomic E-state index is 13.7. The molecule has 1 saturated heterocycles. The average Bonchev–Trinajstić information content (AvgIpc) is 2.30. The van der Waals surface area contributed by atoms with Gasteiger partial charge in [-0.05, 0) is 31.0 Å². The molecule has 2 rings (SSSR count). The van der Waals surface area contributed by atoms with Crippen LogP contribution in [0.5, 0.6) is 0 Å². The third-order valence-corrected chi connectivity index (χ3v) is 2.74. The summed E-state index contributed by atoms with van der Waals surface area (Å²) in [5.74, 6) is 0.0283. The predicted molar refractivity (Wildman–Crippen MR) is 60.0 cm³/mol. The first-order valence-electron chi connectivity index (χ1n) is 5.27. The zero-order chi connectivity index (χ0) is 11.5. The van der Waals surface area contributed by atoms with Crippen LogP contribution < -0.4 is 4.90 Å². The van der Waals surface area contributed by atoms with Crippen LogP contribution >= 0.6 is 0 Å². The van der Waals surface area contributed by atoms with Crippen molar-refractivity contribution in [1.82, 2.24) is 0 Å². The van der Waals surface area contributed by atoms with E-state index in [0.29, 0.717) is 30.1 Å². The second-order valence-electron chi connectivity index (χ2n) is 3.83. The number of hydrogen-bond donors (Lipinski definition) is 1. The first kappa shape index (κ1) is 10.6. The van der Waals surface area contributed by atoms with E-state index in [4.69, 9.17) is 10.7 Å². The number of halogens is 1. The molecule has 1 aromatic carbocycles. The molecule has 1 aromatic rings. The van der Waals surface area contributed by atoms with Crippen molar-refractivity contribution in [2.24, 2.45) is 0 Å². The largest absolute Gasteiger partial charge is 0.328 e. The minimum Gasteiger partial charge on any atom is -0.328 e. The van der Waals surface area contributed by atoms with Gasteiger partial charge in [0.2, 0.25) is 0 Å². The molecule has 16 heavy (non-hydrogen) atoms. The van der Waals surface area contributed by atoms with Crippen LogP contribution in [0.3, 0.4) is 0 Å². The Morgan fingerprint density at radius 2 is 2.19 bits per heavy atom. The highest BCUT2D eigenvalue weighted by Crippen LogP contribution is 2.24. The highest BCUT2D eigenvalue weighted by atomic mass is 19.1. The Labute approximate surface area is 93.6 Å². The maximum Gasteiger partial charge on any atom is 0.148 e. The number of benzene rings is 1.